The van der Waals surface area contributed by atoms with Crippen LogP contribution in [0, 0.1) is 6.92 Å². The average Bonchev–Trinajstić information content (AvgIpc) is 2.40. The summed E-state index contributed by atoms with van der Waals surface area (Å²) in [6, 6.07) is 5.98. The lowest BCUT2D eigenvalue weighted by Crippen LogP contribution is -2.06. The molecule has 0 saturated heterocycles. The van der Waals surface area contributed by atoms with Crippen molar-refractivity contribution >= 4 is 21.9 Å². The van der Waals surface area contributed by atoms with Crippen LogP contribution >= 0.6 is 15.9 Å². The summed E-state index contributed by atoms with van der Waals surface area (Å²) in [7, 11) is 0. The summed E-state index contributed by atoms with van der Waals surface area (Å²) in [6.07, 6.45) is 0.854. The highest BCUT2D eigenvalue weighted by atomic mass is 79.9. The average molecular weight is 339 g/mol. The molecule has 0 aliphatic rings. The molecule has 0 aliphatic carbocycles. The highest BCUT2D eigenvalue weighted by Gasteiger charge is 2.09. The topological polar surface area (TPSA) is 83.2 Å². The van der Waals surface area contributed by atoms with Crippen molar-refractivity contribution in [1.29, 1.82) is 0 Å². The third kappa shape index (κ3) is 3.80. The van der Waals surface area contributed by atoms with Crippen LogP contribution in [0.5, 0.6) is 17.8 Å². The van der Waals surface area contributed by atoms with Gasteiger partial charge >= 0.3 is 12.0 Å². The minimum atomic E-state index is 0.0637. The fraction of sp³-hybridized carbons (Fsp3) is 0.308. The van der Waals surface area contributed by atoms with Gasteiger partial charge in [0, 0.05) is 4.47 Å². The monoisotopic (exact) mass is 338 g/mol. The lowest BCUT2D eigenvalue weighted by atomic mass is 10.2. The van der Waals surface area contributed by atoms with E-state index in [-0.39, 0.29) is 18.0 Å². The summed E-state index contributed by atoms with van der Waals surface area (Å²) < 4.78 is 11.9. The lowest BCUT2D eigenvalue weighted by molar-refractivity contribution is 0.285. The fourth-order valence-electron chi connectivity index (χ4n) is 1.44. The molecule has 0 bridgehead atoms. The van der Waals surface area contributed by atoms with E-state index in [4.69, 9.17) is 15.2 Å². The van der Waals surface area contributed by atoms with Crippen LogP contribution in [0.3, 0.4) is 0 Å². The molecular formula is C13H15BrN4O2. The predicted octanol–water partition coefficient (Wildman–Crippen LogP) is 3.11. The Hall–Kier alpha value is -1.89. The molecule has 6 nitrogen and oxygen atoms in total. The van der Waals surface area contributed by atoms with Crippen LogP contribution < -0.4 is 15.2 Å². The number of anilines is 1. The first kappa shape index (κ1) is 14.5. The van der Waals surface area contributed by atoms with Crippen LogP contribution in [-0.4, -0.2) is 21.6 Å². The molecule has 20 heavy (non-hydrogen) atoms. The van der Waals surface area contributed by atoms with E-state index in [0.29, 0.717) is 12.4 Å². The number of nitrogens with two attached hydrogens (primary N) is 1. The fourth-order valence-corrected chi connectivity index (χ4v) is 1.78. The summed E-state index contributed by atoms with van der Waals surface area (Å²) >= 11 is 3.39. The zero-order valence-electron chi connectivity index (χ0n) is 11.3. The zero-order chi connectivity index (χ0) is 14.5. The van der Waals surface area contributed by atoms with E-state index in [1.807, 2.05) is 32.0 Å². The number of ether oxygens (including phenoxy) is 2. The van der Waals surface area contributed by atoms with Crippen LogP contribution in [0.1, 0.15) is 18.9 Å². The van der Waals surface area contributed by atoms with Gasteiger partial charge in [0.05, 0.1) is 6.61 Å². The molecule has 0 atom stereocenters. The Labute approximate surface area is 125 Å². The first-order valence-corrected chi connectivity index (χ1v) is 6.96. The smallest absolute Gasteiger partial charge is 0.330 e. The number of rotatable bonds is 5. The minimum Gasteiger partial charge on any atom is -0.463 e. The van der Waals surface area contributed by atoms with Crippen LogP contribution in [0.25, 0.3) is 0 Å². The van der Waals surface area contributed by atoms with Crippen molar-refractivity contribution in [3.05, 3.63) is 28.2 Å². The second-order valence-corrected chi connectivity index (χ2v) is 5.03. The maximum Gasteiger partial charge on any atom is 0.330 e. The Morgan fingerprint density at radius 1 is 1.20 bits per heavy atom. The van der Waals surface area contributed by atoms with Crippen molar-refractivity contribution in [1.82, 2.24) is 15.0 Å². The van der Waals surface area contributed by atoms with Crippen LogP contribution in [0.4, 0.5) is 5.95 Å². The number of benzene rings is 1. The van der Waals surface area contributed by atoms with Gasteiger partial charge < -0.3 is 15.2 Å². The van der Waals surface area contributed by atoms with E-state index >= 15 is 0 Å². The van der Waals surface area contributed by atoms with Crippen LogP contribution in [0.2, 0.25) is 0 Å². The molecular weight excluding hydrogens is 324 g/mol. The molecule has 1 aromatic heterocycles. The predicted molar refractivity (Wildman–Crippen MR) is 79.0 cm³/mol. The highest BCUT2D eigenvalue weighted by molar-refractivity contribution is 9.10. The van der Waals surface area contributed by atoms with Gasteiger partial charge in [0.2, 0.25) is 5.95 Å². The number of hydrogen-bond donors (Lipinski definition) is 1. The highest BCUT2D eigenvalue weighted by Crippen LogP contribution is 2.27. The Morgan fingerprint density at radius 3 is 2.70 bits per heavy atom. The quantitative estimate of drug-likeness (QED) is 0.901. The molecule has 0 fully saturated rings. The summed E-state index contributed by atoms with van der Waals surface area (Å²) in [5, 5.41) is 0. The summed E-state index contributed by atoms with van der Waals surface area (Å²) in [5.41, 5.74) is 6.58. The van der Waals surface area contributed by atoms with Gasteiger partial charge in [-0.2, -0.15) is 9.97 Å². The van der Waals surface area contributed by atoms with E-state index in [9.17, 15) is 0 Å². The van der Waals surface area contributed by atoms with Crippen molar-refractivity contribution in [2.24, 2.45) is 0 Å². The molecule has 0 unspecified atom stereocenters. The number of aromatic nitrogens is 3. The van der Waals surface area contributed by atoms with E-state index in [1.165, 1.54) is 0 Å². The molecule has 0 aliphatic heterocycles. The zero-order valence-corrected chi connectivity index (χ0v) is 12.8. The van der Waals surface area contributed by atoms with Crippen molar-refractivity contribution in [3.8, 4) is 17.8 Å². The Bertz CT molecular complexity index is 607. The van der Waals surface area contributed by atoms with E-state index in [0.717, 1.165) is 16.5 Å². The molecule has 0 amide bonds. The minimum absolute atomic E-state index is 0.0637. The molecule has 0 saturated carbocycles. The van der Waals surface area contributed by atoms with Gasteiger partial charge in [-0.15, -0.1) is 4.98 Å². The van der Waals surface area contributed by atoms with Crippen molar-refractivity contribution in [2.75, 3.05) is 12.3 Å². The second kappa shape index (κ2) is 6.51. The SMILES string of the molecule is CCCOc1nc(N)nc(Oc2cc(Br)ccc2C)n1. The first-order chi connectivity index (χ1) is 9.58. The second-order valence-electron chi connectivity index (χ2n) is 4.12. The molecule has 2 aromatic rings. The third-order valence-corrected chi connectivity index (χ3v) is 2.89. The Morgan fingerprint density at radius 2 is 1.95 bits per heavy atom. The number of halogens is 1. The molecule has 0 radical (unpaired) electrons. The van der Waals surface area contributed by atoms with Gasteiger partial charge in [-0.05, 0) is 31.0 Å². The molecule has 2 rings (SSSR count). The van der Waals surface area contributed by atoms with Crippen molar-refractivity contribution in [2.45, 2.75) is 20.3 Å². The molecule has 106 valence electrons. The van der Waals surface area contributed by atoms with Crippen molar-refractivity contribution < 1.29 is 9.47 Å². The molecule has 7 heteroatoms. The van der Waals surface area contributed by atoms with Crippen LogP contribution in [0.15, 0.2) is 22.7 Å². The lowest BCUT2D eigenvalue weighted by Gasteiger charge is -2.09. The molecule has 1 aromatic carbocycles. The molecule has 2 N–H and O–H groups in total. The van der Waals surface area contributed by atoms with E-state index in [1.54, 1.807) is 0 Å². The molecule has 0 spiro atoms. The Kier molecular flexibility index (Phi) is 4.73. The Balaban J connectivity index is 2.24. The number of nitrogens with zero attached hydrogens (tertiary/aromatic N) is 3. The van der Waals surface area contributed by atoms with Gasteiger partial charge in [0.15, 0.2) is 0 Å². The molecule has 1 heterocycles. The maximum atomic E-state index is 5.64. The van der Waals surface area contributed by atoms with E-state index < -0.39 is 0 Å². The van der Waals surface area contributed by atoms with Gasteiger partial charge in [0.25, 0.3) is 0 Å². The maximum absolute atomic E-state index is 5.64. The summed E-state index contributed by atoms with van der Waals surface area (Å²) in [6.45, 7) is 4.44. The van der Waals surface area contributed by atoms with Gasteiger partial charge in [-0.3, -0.25) is 0 Å². The normalized spacial score (nSPS) is 10.3. The van der Waals surface area contributed by atoms with Gasteiger partial charge in [0.1, 0.15) is 5.75 Å². The van der Waals surface area contributed by atoms with E-state index in [2.05, 4.69) is 30.9 Å². The largest absolute Gasteiger partial charge is 0.463 e. The number of aryl methyl sites for hydroxylation is 1. The standard InChI is InChI=1S/C13H15BrN4O2/c1-3-6-19-12-16-11(15)17-13(18-12)20-10-7-9(14)5-4-8(10)2/h4-5,7H,3,6H2,1-2H3,(H2,15,16,17,18). The number of hydrogen-bond acceptors (Lipinski definition) is 6. The van der Waals surface area contributed by atoms with Crippen molar-refractivity contribution in [3.63, 3.8) is 0 Å². The number of nitrogen functional groups attached to an aromatic ring is 1. The van der Waals surface area contributed by atoms with Gasteiger partial charge in [-0.1, -0.05) is 28.9 Å². The van der Waals surface area contributed by atoms with Gasteiger partial charge in [-0.25, -0.2) is 0 Å². The first-order valence-electron chi connectivity index (χ1n) is 6.17. The summed E-state index contributed by atoms with van der Waals surface area (Å²) in [4.78, 5) is 11.9. The third-order valence-electron chi connectivity index (χ3n) is 2.40. The van der Waals surface area contributed by atoms with Crippen LogP contribution in [-0.2, 0) is 0 Å². The summed E-state index contributed by atoms with van der Waals surface area (Å²) in [5.74, 6) is 0.708.